The monoisotopic (exact) mass is 411 g/mol. The lowest BCUT2D eigenvalue weighted by molar-refractivity contribution is -0.274. The highest BCUT2D eigenvalue weighted by molar-refractivity contribution is 9.10. The molecule has 0 radical (unpaired) electrons. The maximum atomic E-state index is 12.5. The quantitative estimate of drug-likeness (QED) is 0.685. The number of rotatable bonds is 4. The predicted molar refractivity (Wildman–Crippen MR) is 92.3 cm³/mol. The van der Waals surface area contributed by atoms with E-state index >= 15 is 0 Å². The Balaban J connectivity index is 1.41. The number of nitrogens with zero attached hydrogens (tertiary/aromatic N) is 1. The maximum absolute atomic E-state index is 12.5. The van der Waals surface area contributed by atoms with Crippen LogP contribution in [0.2, 0.25) is 0 Å². The fourth-order valence-electron chi connectivity index (χ4n) is 4.01. The summed E-state index contributed by atoms with van der Waals surface area (Å²) < 4.78 is 42.0. The van der Waals surface area contributed by atoms with Crippen molar-refractivity contribution in [3.8, 4) is 5.75 Å². The molecule has 0 bridgehead atoms. The lowest BCUT2D eigenvalue weighted by Crippen LogP contribution is -2.23. The van der Waals surface area contributed by atoms with Gasteiger partial charge in [0.05, 0.1) is 4.47 Å². The fraction of sp³-hybridized carbons (Fsp3) is 0.368. The summed E-state index contributed by atoms with van der Waals surface area (Å²) in [7, 11) is 0. The highest BCUT2D eigenvalue weighted by Gasteiger charge is 2.56. The Bertz CT molecular complexity index is 753. The van der Waals surface area contributed by atoms with Crippen LogP contribution in [-0.4, -0.2) is 24.4 Å². The van der Waals surface area contributed by atoms with Crippen molar-refractivity contribution in [1.82, 2.24) is 4.90 Å². The minimum absolute atomic E-state index is 0.156. The maximum Gasteiger partial charge on any atom is 0.573 e. The number of likely N-dealkylation sites (tertiary alicyclic amines) is 1. The van der Waals surface area contributed by atoms with E-state index in [4.69, 9.17) is 0 Å². The Labute approximate surface area is 152 Å². The molecule has 0 aromatic heterocycles. The summed E-state index contributed by atoms with van der Waals surface area (Å²) in [4.78, 5) is 2.42. The van der Waals surface area contributed by atoms with Crippen LogP contribution in [0.5, 0.6) is 5.75 Å². The van der Waals surface area contributed by atoms with E-state index in [1.54, 1.807) is 6.07 Å². The number of fused-ring (bicyclic) bond motifs is 1. The van der Waals surface area contributed by atoms with Crippen LogP contribution in [0, 0.1) is 11.8 Å². The van der Waals surface area contributed by atoms with Gasteiger partial charge in [-0.1, -0.05) is 36.4 Å². The number of piperidine rings is 1. The second-order valence-corrected chi connectivity index (χ2v) is 7.63. The SMILES string of the molecule is FC(F)(F)Oc1cc(C2[C@H]3CN(Cc4ccccc4)C[C@@H]23)ccc1Br. The lowest BCUT2D eigenvalue weighted by atomic mass is 10.1. The van der Waals surface area contributed by atoms with Crippen LogP contribution in [0.25, 0.3) is 0 Å². The zero-order chi connectivity index (χ0) is 17.6. The second kappa shape index (κ2) is 6.32. The van der Waals surface area contributed by atoms with Crippen molar-refractivity contribution >= 4 is 15.9 Å². The van der Waals surface area contributed by atoms with Crippen molar-refractivity contribution in [2.45, 2.75) is 18.8 Å². The molecule has 1 aliphatic carbocycles. The summed E-state index contributed by atoms with van der Waals surface area (Å²) in [6.45, 7) is 2.93. The van der Waals surface area contributed by atoms with Crippen molar-refractivity contribution in [3.05, 3.63) is 64.1 Å². The third kappa shape index (κ3) is 3.70. The molecule has 2 aromatic rings. The predicted octanol–water partition coefficient (Wildman–Crippen LogP) is 5.19. The molecule has 6 heteroatoms. The van der Waals surface area contributed by atoms with Gasteiger partial charge in [-0.25, -0.2) is 0 Å². The van der Waals surface area contributed by atoms with E-state index in [0.717, 1.165) is 25.2 Å². The standard InChI is InChI=1S/C19H17BrF3NO/c20-16-7-6-13(8-17(16)25-19(21,22)23)18-14-10-24(11-15(14)18)9-12-4-2-1-3-5-12/h1-8,14-15,18H,9-11H2/t14-,15+,18?. The molecule has 1 heterocycles. The Morgan fingerprint density at radius 2 is 1.72 bits per heavy atom. The molecule has 4 rings (SSSR count). The molecular formula is C19H17BrF3NO. The van der Waals surface area contributed by atoms with Crippen molar-refractivity contribution in [2.24, 2.45) is 11.8 Å². The summed E-state index contributed by atoms with van der Waals surface area (Å²) in [6.07, 6.45) is -4.67. The molecule has 1 aliphatic heterocycles. The normalized spacial score (nSPS) is 25.7. The Morgan fingerprint density at radius 1 is 1.04 bits per heavy atom. The number of alkyl halides is 3. The van der Waals surface area contributed by atoms with Crippen LogP contribution in [0.4, 0.5) is 13.2 Å². The van der Waals surface area contributed by atoms with Gasteiger partial charge >= 0.3 is 6.36 Å². The zero-order valence-corrected chi connectivity index (χ0v) is 14.9. The first kappa shape index (κ1) is 16.9. The average molecular weight is 412 g/mol. The van der Waals surface area contributed by atoms with Gasteiger partial charge in [-0.2, -0.15) is 0 Å². The van der Waals surface area contributed by atoms with Gasteiger partial charge in [-0.3, -0.25) is 4.90 Å². The van der Waals surface area contributed by atoms with E-state index < -0.39 is 6.36 Å². The summed E-state index contributed by atoms with van der Waals surface area (Å²) in [5, 5.41) is 0. The van der Waals surface area contributed by atoms with Crippen molar-refractivity contribution in [1.29, 1.82) is 0 Å². The van der Waals surface area contributed by atoms with Gasteiger partial charge in [-0.15, -0.1) is 13.2 Å². The first-order valence-corrected chi connectivity index (χ1v) is 9.01. The number of ether oxygens (including phenoxy) is 1. The highest BCUT2D eigenvalue weighted by Crippen LogP contribution is 2.59. The molecule has 2 nitrogen and oxygen atoms in total. The molecular weight excluding hydrogens is 395 g/mol. The van der Waals surface area contributed by atoms with Crippen LogP contribution < -0.4 is 4.74 Å². The van der Waals surface area contributed by atoms with E-state index in [-0.39, 0.29) is 5.75 Å². The van der Waals surface area contributed by atoms with Gasteiger partial charge in [0.2, 0.25) is 0 Å². The first-order chi connectivity index (χ1) is 11.9. The first-order valence-electron chi connectivity index (χ1n) is 8.22. The summed E-state index contributed by atoms with van der Waals surface area (Å²) in [6, 6.07) is 15.4. The lowest BCUT2D eigenvalue weighted by Gasteiger charge is -2.20. The second-order valence-electron chi connectivity index (χ2n) is 6.77. The number of halogens is 4. The van der Waals surface area contributed by atoms with Gasteiger partial charge in [0.1, 0.15) is 5.75 Å². The van der Waals surface area contributed by atoms with Crippen LogP contribution in [0.3, 0.4) is 0 Å². The van der Waals surface area contributed by atoms with Crippen LogP contribution in [0.1, 0.15) is 17.0 Å². The zero-order valence-electron chi connectivity index (χ0n) is 13.3. The molecule has 0 spiro atoms. The molecule has 3 atom stereocenters. The summed E-state index contributed by atoms with van der Waals surface area (Å²) in [5.41, 5.74) is 2.24. The van der Waals surface area contributed by atoms with Gasteiger partial charge in [-0.05, 0) is 56.9 Å². The van der Waals surface area contributed by atoms with E-state index in [2.05, 4.69) is 37.7 Å². The Kier molecular flexibility index (Phi) is 4.28. The minimum atomic E-state index is -4.67. The van der Waals surface area contributed by atoms with Crippen LogP contribution >= 0.6 is 15.9 Å². The fourth-order valence-corrected chi connectivity index (χ4v) is 4.34. The molecule has 25 heavy (non-hydrogen) atoms. The molecule has 2 fully saturated rings. The van der Waals surface area contributed by atoms with Crippen molar-refractivity contribution in [2.75, 3.05) is 13.1 Å². The molecule has 1 saturated carbocycles. The van der Waals surface area contributed by atoms with Gasteiger partial charge in [0, 0.05) is 19.6 Å². The summed E-state index contributed by atoms with van der Waals surface area (Å²) >= 11 is 3.13. The van der Waals surface area contributed by atoms with Gasteiger partial charge < -0.3 is 4.74 Å². The van der Waals surface area contributed by atoms with E-state index in [0.29, 0.717) is 22.2 Å². The molecule has 2 aliphatic rings. The van der Waals surface area contributed by atoms with Gasteiger partial charge in [0.25, 0.3) is 0 Å². The van der Waals surface area contributed by atoms with E-state index in [1.165, 1.54) is 11.6 Å². The highest BCUT2D eigenvalue weighted by atomic mass is 79.9. The minimum Gasteiger partial charge on any atom is -0.405 e. The van der Waals surface area contributed by atoms with Gasteiger partial charge in [0.15, 0.2) is 0 Å². The van der Waals surface area contributed by atoms with Crippen LogP contribution in [-0.2, 0) is 6.54 Å². The third-order valence-corrected chi connectivity index (χ3v) is 5.74. The Morgan fingerprint density at radius 3 is 2.36 bits per heavy atom. The number of hydrogen-bond acceptors (Lipinski definition) is 2. The smallest absolute Gasteiger partial charge is 0.405 e. The molecule has 0 amide bonds. The largest absolute Gasteiger partial charge is 0.573 e. The van der Waals surface area contributed by atoms with E-state index in [1.807, 2.05) is 24.3 Å². The molecule has 1 saturated heterocycles. The van der Waals surface area contributed by atoms with Crippen molar-refractivity contribution in [3.63, 3.8) is 0 Å². The molecule has 2 aromatic carbocycles. The Hall–Kier alpha value is -1.53. The van der Waals surface area contributed by atoms with Crippen molar-refractivity contribution < 1.29 is 17.9 Å². The molecule has 0 N–H and O–H groups in total. The van der Waals surface area contributed by atoms with Crippen LogP contribution in [0.15, 0.2) is 53.0 Å². The summed E-state index contributed by atoms with van der Waals surface area (Å²) in [5.74, 6) is 1.25. The molecule has 1 unspecified atom stereocenters. The van der Waals surface area contributed by atoms with E-state index in [9.17, 15) is 13.2 Å². The molecule has 132 valence electrons. The third-order valence-electron chi connectivity index (χ3n) is 5.08. The number of benzene rings is 2. The number of hydrogen-bond donors (Lipinski definition) is 0. The topological polar surface area (TPSA) is 12.5 Å². The average Bonchev–Trinajstić information content (AvgIpc) is 3.05.